The van der Waals surface area contributed by atoms with Gasteiger partial charge in [0.2, 0.25) is 11.8 Å². The van der Waals surface area contributed by atoms with Gasteiger partial charge in [-0.1, -0.05) is 38.1 Å². The van der Waals surface area contributed by atoms with Gasteiger partial charge in [-0.05, 0) is 37.6 Å². The maximum Gasteiger partial charge on any atom is 0.227 e. The Bertz CT molecular complexity index is 856. The lowest BCUT2D eigenvalue weighted by molar-refractivity contribution is -0.121. The van der Waals surface area contributed by atoms with Crippen LogP contribution >= 0.6 is 0 Å². The van der Waals surface area contributed by atoms with Crippen molar-refractivity contribution in [1.82, 2.24) is 20.4 Å². The predicted molar refractivity (Wildman–Crippen MR) is 122 cm³/mol. The number of nitrogens with one attached hydrogen (secondary N) is 1. The Kier molecular flexibility index (Phi) is 8.64. The first-order valence-electron chi connectivity index (χ1n) is 11.4. The van der Waals surface area contributed by atoms with Crippen LogP contribution in [0.5, 0.6) is 5.75 Å². The number of rotatable bonds is 10. The molecular weight excluding hydrogens is 408 g/mol. The van der Waals surface area contributed by atoms with E-state index in [1.54, 1.807) is 0 Å². The van der Waals surface area contributed by atoms with E-state index >= 15 is 0 Å². The fourth-order valence-corrected chi connectivity index (χ4v) is 3.53. The van der Waals surface area contributed by atoms with E-state index in [1.165, 1.54) is 0 Å². The summed E-state index contributed by atoms with van der Waals surface area (Å²) >= 11 is 0. The number of amides is 1. The number of nitrogens with zero attached hydrogens (tertiary/aromatic N) is 3. The number of aromatic nitrogens is 2. The molecular formula is C24H36N4O4. The summed E-state index contributed by atoms with van der Waals surface area (Å²) in [6.07, 6.45) is 2.89. The van der Waals surface area contributed by atoms with Gasteiger partial charge in [0.05, 0.1) is 0 Å². The van der Waals surface area contributed by atoms with Crippen LogP contribution in [-0.2, 0) is 27.9 Å². The molecule has 0 spiro atoms. The van der Waals surface area contributed by atoms with Crippen LogP contribution in [0.15, 0.2) is 28.8 Å². The molecule has 3 rings (SSSR count). The smallest absolute Gasteiger partial charge is 0.227 e. The molecule has 1 aromatic heterocycles. The number of hydrogen-bond donors (Lipinski definition) is 1. The summed E-state index contributed by atoms with van der Waals surface area (Å²) in [5.74, 6) is 1.91. The van der Waals surface area contributed by atoms with Crippen molar-refractivity contribution in [3.8, 4) is 5.75 Å². The van der Waals surface area contributed by atoms with Crippen LogP contribution in [-0.4, -0.2) is 60.4 Å². The number of aryl methyl sites for hydroxylation is 1. The SMILES string of the molecule is CN(CCOc1cccc(CNC(=O)CCc2nc(C(C)(C)C)no2)c1)C1CCOCC1. The minimum atomic E-state index is -0.169. The second-order valence-electron chi connectivity index (χ2n) is 9.36. The van der Waals surface area contributed by atoms with Crippen molar-refractivity contribution in [2.75, 3.05) is 33.4 Å². The molecule has 1 saturated heterocycles. The second kappa shape index (κ2) is 11.4. The lowest BCUT2D eigenvalue weighted by Crippen LogP contribution is -2.38. The van der Waals surface area contributed by atoms with Gasteiger partial charge < -0.3 is 19.3 Å². The van der Waals surface area contributed by atoms with E-state index in [1.807, 2.05) is 45.0 Å². The van der Waals surface area contributed by atoms with E-state index in [2.05, 4.69) is 27.4 Å². The Morgan fingerprint density at radius 1 is 1.28 bits per heavy atom. The average molecular weight is 445 g/mol. The summed E-state index contributed by atoms with van der Waals surface area (Å²) in [6.45, 7) is 9.72. The first kappa shape index (κ1) is 24.2. The molecule has 0 aliphatic carbocycles. The summed E-state index contributed by atoms with van der Waals surface area (Å²) in [7, 11) is 2.14. The van der Waals surface area contributed by atoms with Crippen molar-refractivity contribution in [1.29, 1.82) is 0 Å². The van der Waals surface area contributed by atoms with Gasteiger partial charge >= 0.3 is 0 Å². The molecule has 0 unspecified atom stereocenters. The van der Waals surface area contributed by atoms with E-state index in [4.69, 9.17) is 14.0 Å². The first-order chi connectivity index (χ1) is 15.3. The van der Waals surface area contributed by atoms with Gasteiger partial charge in [0.25, 0.3) is 0 Å². The summed E-state index contributed by atoms with van der Waals surface area (Å²) in [4.78, 5) is 18.9. The molecule has 0 radical (unpaired) electrons. The molecule has 8 heteroatoms. The van der Waals surface area contributed by atoms with Gasteiger partial charge in [0.1, 0.15) is 12.4 Å². The van der Waals surface area contributed by atoms with Crippen LogP contribution in [0.25, 0.3) is 0 Å². The first-order valence-corrected chi connectivity index (χ1v) is 11.4. The van der Waals surface area contributed by atoms with Crippen molar-refractivity contribution in [2.24, 2.45) is 0 Å². The quantitative estimate of drug-likeness (QED) is 0.602. The van der Waals surface area contributed by atoms with Crippen LogP contribution in [0.3, 0.4) is 0 Å². The lowest BCUT2D eigenvalue weighted by Gasteiger charge is -2.31. The number of benzene rings is 1. The highest BCUT2D eigenvalue weighted by molar-refractivity contribution is 5.76. The topological polar surface area (TPSA) is 89.7 Å². The number of ether oxygens (including phenoxy) is 2. The van der Waals surface area contributed by atoms with Crippen molar-refractivity contribution in [2.45, 2.75) is 64.5 Å². The van der Waals surface area contributed by atoms with Crippen LogP contribution < -0.4 is 10.1 Å². The van der Waals surface area contributed by atoms with Gasteiger partial charge in [-0.15, -0.1) is 0 Å². The third-order valence-corrected chi connectivity index (χ3v) is 5.62. The van der Waals surface area contributed by atoms with Gasteiger partial charge in [0.15, 0.2) is 5.82 Å². The monoisotopic (exact) mass is 444 g/mol. The highest BCUT2D eigenvalue weighted by atomic mass is 16.5. The Hall–Kier alpha value is -2.45. The molecule has 176 valence electrons. The lowest BCUT2D eigenvalue weighted by atomic mass is 9.96. The van der Waals surface area contributed by atoms with Gasteiger partial charge in [-0.3, -0.25) is 9.69 Å². The van der Waals surface area contributed by atoms with Gasteiger partial charge in [-0.25, -0.2) is 0 Å². The zero-order valence-corrected chi connectivity index (χ0v) is 19.7. The fourth-order valence-electron chi connectivity index (χ4n) is 3.53. The molecule has 2 heterocycles. The van der Waals surface area contributed by atoms with E-state index < -0.39 is 0 Å². The largest absolute Gasteiger partial charge is 0.492 e. The summed E-state index contributed by atoms with van der Waals surface area (Å²) < 4.78 is 16.6. The molecule has 1 aliphatic rings. The second-order valence-corrected chi connectivity index (χ2v) is 9.36. The maximum atomic E-state index is 12.2. The molecule has 2 aromatic rings. The van der Waals surface area contributed by atoms with E-state index in [0.29, 0.717) is 43.8 Å². The Labute approximate surface area is 190 Å². The average Bonchev–Trinajstić information content (AvgIpc) is 3.27. The number of carbonyl (C=O) groups is 1. The van der Waals surface area contributed by atoms with Crippen molar-refractivity contribution >= 4 is 5.91 Å². The highest BCUT2D eigenvalue weighted by Crippen LogP contribution is 2.19. The van der Waals surface area contributed by atoms with E-state index in [9.17, 15) is 4.79 Å². The van der Waals surface area contributed by atoms with Crippen molar-refractivity contribution in [3.63, 3.8) is 0 Å². The third kappa shape index (κ3) is 7.60. The molecule has 1 N–H and O–H groups in total. The van der Waals surface area contributed by atoms with Crippen molar-refractivity contribution in [3.05, 3.63) is 41.5 Å². The minimum Gasteiger partial charge on any atom is -0.492 e. The number of hydrogen-bond acceptors (Lipinski definition) is 7. The zero-order chi connectivity index (χ0) is 23.0. The Morgan fingerprint density at radius 3 is 2.78 bits per heavy atom. The highest BCUT2D eigenvalue weighted by Gasteiger charge is 2.21. The molecule has 1 fully saturated rings. The summed E-state index contributed by atoms with van der Waals surface area (Å²) in [5.41, 5.74) is 0.832. The summed E-state index contributed by atoms with van der Waals surface area (Å²) in [6, 6.07) is 8.42. The Morgan fingerprint density at radius 2 is 2.06 bits per heavy atom. The maximum absolute atomic E-state index is 12.2. The van der Waals surface area contributed by atoms with Crippen LogP contribution in [0.2, 0.25) is 0 Å². The predicted octanol–water partition coefficient (Wildman–Crippen LogP) is 3.11. The van der Waals surface area contributed by atoms with Crippen molar-refractivity contribution < 1.29 is 18.8 Å². The van der Waals surface area contributed by atoms with E-state index in [-0.39, 0.29) is 11.3 Å². The standard InChI is InChI=1S/C24H36N4O4/c1-24(2,3)23-26-22(32-27-23)9-8-21(29)25-17-18-6-5-7-20(16-18)31-15-12-28(4)19-10-13-30-14-11-19/h5-7,16,19H,8-15,17H2,1-4H3,(H,25,29). The Balaban J connectivity index is 1.37. The molecule has 8 nitrogen and oxygen atoms in total. The molecule has 0 bridgehead atoms. The molecule has 32 heavy (non-hydrogen) atoms. The summed E-state index contributed by atoms with van der Waals surface area (Å²) in [5, 5.41) is 6.94. The molecule has 1 aliphatic heterocycles. The third-order valence-electron chi connectivity index (χ3n) is 5.62. The zero-order valence-electron chi connectivity index (χ0n) is 19.7. The van der Waals surface area contributed by atoms with Gasteiger partial charge in [0, 0.05) is 50.6 Å². The van der Waals surface area contributed by atoms with E-state index in [0.717, 1.165) is 43.9 Å². The van der Waals surface area contributed by atoms with Crippen LogP contribution in [0.1, 0.15) is 57.3 Å². The minimum absolute atomic E-state index is 0.0510. The van der Waals surface area contributed by atoms with Crippen LogP contribution in [0.4, 0.5) is 0 Å². The molecule has 1 aromatic carbocycles. The van der Waals surface area contributed by atoms with Crippen LogP contribution in [0, 0.1) is 0 Å². The van der Waals surface area contributed by atoms with Gasteiger partial charge in [-0.2, -0.15) is 4.98 Å². The number of likely N-dealkylation sites (N-methyl/N-ethyl adjacent to an activating group) is 1. The molecule has 0 atom stereocenters. The molecule has 0 saturated carbocycles. The molecule has 1 amide bonds. The number of carbonyl (C=O) groups excluding carboxylic acids is 1. The normalized spacial score (nSPS) is 15.2. The fraction of sp³-hybridized carbons (Fsp3) is 0.625.